The van der Waals surface area contributed by atoms with Crippen molar-refractivity contribution in [2.24, 2.45) is 0 Å². The highest BCUT2D eigenvalue weighted by Gasteiger charge is 2.33. The second-order valence-electron chi connectivity index (χ2n) is 7.95. The summed E-state index contributed by atoms with van der Waals surface area (Å²) in [6, 6.07) is 22.7. The number of aromatic amines is 1. The van der Waals surface area contributed by atoms with Crippen LogP contribution in [0.25, 0.3) is 10.9 Å². The average molecular weight is 476 g/mol. The Balaban J connectivity index is 1.55. The summed E-state index contributed by atoms with van der Waals surface area (Å²) in [5.74, 6) is 0.563. The van der Waals surface area contributed by atoms with E-state index in [0.717, 1.165) is 34.3 Å². The van der Waals surface area contributed by atoms with Crippen LogP contribution in [0, 0.1) is 0 Å². The highest BCUT2D eigenvalue weighted by atomic mass is 35.5. The Bertz CT molecular complexity index is 1340. The zero-order chi connectivity index (χ0) is 22.9. The molecule has 33 heavy (non-hydrogen) atoms. The monoisotopic (exact) mass is 475 g/mol. The van der Waals surface area contributed by atoms with Gasteiger partial charge in [-0.3, -0.25) is 10.1 Å². The second kappa shape index (κ2) is 8.89. The number of nitrogens with zero attached hydrogens (tertiary/aromatic N) is 1. The molecular formula is C26H22ClN3O2S. The van der Waals surface area contributed by atoms with Crippen molar-refractivity contribution in [1.29, 1.82) is 0 Å². The zero-order valence-corrected chi connectivity index (χ0v) is 19.5. The summed E-state index contributed by atoms with van der Waals surface area (Å²) in [4.78, 5) is 18.4. The van der Waals surface area contributed by atoms with E-state index in [0.29, 0.717) is 22.2 Å². The predicted octanol–water partition coefficient (Wildman–Crippen LogP) is 5.49. The molecule has 0 fully saturated rings. The van der Waals surface area contributed by atoms with Crippen LogP contribution >= 0.6 is 23.8 Å². The van der Waals surface area contributed by atoms with Gasteiger partial charge < -0.3 is 14.6 Å². The molecule has 1 aliphatic rings. The molecule has 7 heteroatoms. The molecule has 1 unspecified atom stereocenters. The number of hydrogen-bond acceptors (Lipinski definition) is 3. The van der Waals surface area contributed by atoms with Gasteiger partial charge in [-0.2, -0.15) is 0 Å². The first-order valence-electron chi connectivity index (χ1n) is 10.7. The second-order valence-corrected chi connectivity index (χ2v) is 8.77. The number of ether oxygens (including phenoxy) is 1. The van der Waals surface area contributed by atoms with Gasteiger partial charge in [0.05, 0.1) is 13.2 Å². The quantitative estimate of drug-likeness (QED) is 0.384. The van der Waals surface area contributed by atoms with Crippen molar-refractivity contribution < 1.29 is 9.53 Å². The van der Waals surface area contributed by atoms with Crippen LogP contribution in [0.2, 0.25) is 5.02 Å². The summed E-state index contributed by atoms with van der Waals surface area (Å²) in [7, 11) is 1.65. The Kier molecular flexibility index (Phi) is 5.79. The summed E-state index contributed by atoms with van der Waals surface area (Å²) in [6.45, 7) is 0.664. The average Bonchev–Trinajstić information content (AvgIpc) is 3.21. The van der Waals surface area contributed by atoms with Gasteiger partial charge >= 0.3 is 0 Å². The minimum atomic E-state index is -0.219. The number of amides is 1. The standard InChI is InChI=1S/C26H22ClN3O2S/c1-32-19-10-7-16(8-11-19)24-23-20(21-15-18(27)9-12-22(21)28-23)13-14-30(24)26(33)29-25(31)17-5-3-2-4-6-17/h2-12,15,24,28H,13-14H2,1H3,(H,29,31,33). The summed E-state index contributed by atoms with van der Waals surface area (Å²) in [5.41, 5.74) is 4.93. The van der Waals surface area contributed by atoms with E-state index in [2.05, 4.69) is 15.2 Å². The third-order valence-corrected chi connectivity index (χ3v) is 6.61. The van der Waals surface area contributed by atoms with Crippen LogP contribution < -0.4 is 10.1 Å². The maximum atomic E-state index is 12.8. The number of carbonyl (C=O) groups excluding carboxylic acids is 1. The molecule has 5 nitrogen and oxygen atoms in total. The van der Waals surface area contributed by atoms with Gasteiger partial charge in [0.15, 0.2) is 5.11 Å². The molecule has 0 saturated heterocycles. The van der Waals surface area contributed by atoms with E-state index in [1.165, 1.54) is 5.56 Å². The van der Waals surface area contributed by atoms with Gasteiger partial charge in [-0.15, -0.1) is 0 Å². The topological polar surface area (TPSA) is 57.4 Å². The van der Waals surface area contributed by atoms with Crippen molar-refractivity contribution in [3.05, 3.63) is 100 Å². The van der Waals surface area contributed by atoms with E-state index < -0.39 is 0 Å². The Labute approximate surface area is 202 Å². The van der Waals surface area contributed by atoms with Crippen molar-refractivity contribution in [2.75, 3.05) is 13.7 Å². The maximum absolute atomic E-state index is 12.8. The lowest BCUT2D eigenvalue weighted by Gasteiger charge is -2.37. The molecule has 1 amide bonds. The Hall–Kier alpha value is -3.35. The number of rotatable bonds is 3. The van der Waals surface area contributed by atoms with Crippen LogP contribution in [0.4, 0.5) is 0 Å². The van der Waals surface area contributed by atoms with Crippen molar-refractivity contribution in [3.8, 4) is 5.75 Å². The van der Waals surface area contributed by atoms with E-state index in [1.807, 2.05) is 60.7 Å². The highest BCUT2D eigenvalue weighted by Crippen LogP contribution is 2.39. The molecule has 166 valence electrons. The molecule has 1 aliphatic heterocycles. The van der Waals surface area contributed by atoms with Gasteiger partial charge in [-0.25, -0.2) is 0 Å². The summed E-state index contributed by atoms with van der Waals surface area (Å²) in [6.07, 6.45) is 0.781. The van der Waals surface area contributed by atoms with Crippen molar-refractivity contribution >= 4 is 45.7 Å². The predicted molar refractivity (Wildman–Crippen MR) is 135 cm³/mol. The van der Waals surface area contributed by atoms with Crippen LogP contribution in [0.5, 0.6) is 5.75 Å². The smallest absolute Gasteiger partial charge is 0.257 e. The Morgan fingerprint density at radius 1 is 1.12 bits per heavy atom. The molecule has 3 aromatic carbocycles. The van der Waals surface area contributed by atoms with E-state index in [4.69, 9.17) is 28.6 Å². The number of H-pyrrole nitrogens is 1. The molecule has 0 aliphatic carbocycles. The number of methoxy groups -OCH3 is 1. The first-order chi connectivity index (χ1) is 16.0. The molecule has 4 aromatic rings. The molecule has 0 bridgehead atoms. The maximum Gasteiger partial charge on any atom is 0.257 e. The fourth-order valence-electron chi connectivity index (χ4n) is 4.44. The van der Waals surface area contributed by atoms with Crippen molar-refractivity contribution in [3.63, 3.8) is 0 Å². The van der Waals surface area contributed by atoms with E-state index in [9.17, 15) is 4.79 Å². The van der Waals surface area contributed by atoms with Crippen molar-refractivity contribution in [2.45, 2.75) is 12.5 Å². The highest BCUT2D eigenvalue weighted by molar-refractivity contribution is 7.80. The van der Waals surface area contributed by atoms with Gasteiger partial charge in [0, 0.05) is 33.7 Å². The van der Waals surface area contributed by atoms with Crippen LogP contribution in [-0.2, 0) is 6.42 Å². The Morgan fingerprint density at radius 2 is 1.88 bits per heavy atom. The molecule has 1 aromatic heterocycles. The van der Waals surface area contributed by atoms with Gasteiger partial charge in [-0.1, -0.05) is 41.9 Å². The molecular weight excluding hydrogens is 454 g/mol. The first kappa shape index (κ1) is 21.5. The number of benzene rings is 3. The lowest BCUT2D eigenvalue weighted by atomic mass is 9.92. The molecule has 5 rings (SSSR count). The number of hydrogen-bond donors (Lipinski definition) is 2. The Morgan fingerprint density at radius 3 is 2.61 bits per heavy atom. The summed E-state index contributed by atoms with van der Waals surface area (Å²) in [5, 5.41) is 5.14. The van der Waals surface area contributed by atoms with Gasteiger partial charge in [0.2, 0.25) is 0 Å². The number of halogens is 1. The lowest BCUT2D eigenvalue weighted by Crippen LogP contribution is -2.47. The van der Waals surface area contributed by atoms with Gasteiger partial charge in [0.25, 0.3) is 5.91 Å². The lowest BCUT2D eigenvalue weighted by molar-refractivity contribution is 0.0972. The molecule has 1 atom stereocenters. The largest absolute Gasteiger partial charge is 0.497 e. The van der Waals surface area contributed by atoms with Crippen LogP contribution in [0.3, 0.4) is 0 Å². The fourth-order valence-corrected chi connectivity index (χ4v) is 4.90. The van der Waals surface area contributed by atoms with Gasteiger partial charge in [-0.05, 0) is 72.2 Å². The number of aromatic nitrogens is 1. The minimum absolute atomic E-state index is 0.186. The fraction of sp³-hybridized carbons (Fsp3) is 0.154. The number of nitrogens with one attached hydrogen (secondary N) is 2. The van der Waals surface area contributed by atoms with Crippen LogP contribution in [0.15, 0.2) is 72.8 Å². The molecule has 2 heterocycles. The number of thiocarbonyl (C=S) groups is 1. The third kappa shape index (κ3) is 4.08. The van der Waals surface area contributed by atoms with E-state index in [1.54, 1.807) is 19.2 Å². The molecule has 0 saturated carbocycles. The van der Waals surface area contributed by atoms with E-state index in [-0.39, 0.29) is 11.9 Å². The van der Waals surface area contributed by atoms with E-state index >= 15 is 0 Å². The zero-order valence-electron chi connectivity index (χ0n) is 18.0. The van der Waals surface area contributed by atoms with Crippen molar-refractivity contribution in [1.82, 2.24) is 15.2 Å². The third-order valence-electron chi connectivity index (χ3n) is 6.04. The summed E-state index contributed by atoms with van der Waals surface area (Å²) >= 11 is 12.0. The van der Waals surface area contributed by atoms with Crippen LogP contribution in [-0.4, -0.2) is 34.6 Å². The normalized spacial score (nSPS) is 15.2. The van der Waals surface area contributed by atoms with Gasteiger partial charge in [0.1, 0.15) is 5.75 Å². The van der Waals surface area contributed by atoms with Crippen LogP contribution in [0.1, 0.15) is 33.2 Å². The minimum Gasteiger partial charge on any atom is -0.497 e. The SMILES string of the molecule is COc1ccc(C2c3[nH]c4ccc(Cl)cc4c3CCN2C(=S)NC(=O)c2ccccc2)cc1. The molecule has 0 spiro atoms. The summed E-state index contributed by atoms with van der Waals surface area (Å²) < 4.78 is 5.34. The number of fused-ring (bicyclic) bond motifs is 3. The molecule has 2 N–H and O–H groups in total. The molecule has 0 radical (unpaired) electrons. The number of carbonyl (C=O) groups is 1. The first-order valence-corrected chi connectivity index (χ1v) is 11.4.